The number of carbonyl (C=O) groups is 1. The van der Waals surface area contributed by atoms with Crippen molar-refractivity contribution >= 4 is 23.4 Å². The number of nitrogens with two attached hydrogens (primary N) is 1. The number of benzene rings is 2. The molecule has 4 aromatic rings. The Morgan fingerprint density at radius 2 is 1.90 bits per heavy atom. The number of rotatable bonds is 5. The lowest BCUT2D eigenvalue weighted by Gasteiger charge is -2.13. The average Bonchev–Trinajstić information content (AvgIpc) is 3.06. The van der Waals surface area contributed by atoms with Gasteiger partial charge < -0.3 is 15.8 Å². The number of hydrogen-bond donors (Lipinski definition) is 2. The van der Waals surface area contributed by atoms with Crippen molar-refractivity contribution in [1.82, 2.24) is 19.8 Å². The molecule has 2 heterocycles. The van der Waals surface area contributed by atoms with E-state index in [1.165, 1.54) is 10.6 Å². The molecule has 0 unspecified atom stereocenters. The molecule has 0 fully saturated rings. The van der Waals surface area contributed by atoms with E-state index in [1.54, 1.807) is 31.2 Å². The number of aromatic nitrogens is 4. The van der Waals surface area contributed by atoms with Crippen LogP contribution in [0.25, 0.3) is 16.9 Å². The molecule has 0 aliphatic rings. The number of fused-ring (bicyclic) bond motifs is 1. The third-order valence-electron chi connectivity index (χ3n) is 4.13. The first-order valence-electron chi connectivity index (χ1n) is 8.42. The topological polar surface area (TPSA) is 107 Å². The van der Waals surface area contributed by atoms with E-state index in [9.17, 15) is 13.6 Å². The molecule has 1 amide bonds. The lowest BCUT2D eigenvalue weighted by Crippen LogP contribution is -2.04. The molecule has 8 nitrogen and oxygen atoms in total. The van der Waals surface area contributed by atoms with Gasteiger partial charge in [-0.1, -0.05) is 0 Å². The van der Waals surface area contributed by atoms with Crippen LogP contribution in [0.5, 0.6) is 11.5 Å². The van der Waals surface area contributed by atoms with Crippen LogP contribution in [0.1, 0.15) is 5.82 Å². The molecule has 0 saturated heterocycles. The molecule has 29 heavy (non-hydrogen) atoms. The Balaban J connectivity index is 1.87. The molecule has 2 aromatic carbocycles. The second-order valence-electron chi connectivity index (χ2n) is 6.12. The number of nitrogens with zero attached hydrogens (tertiary/aromatic N) is 4. The van der Waals surface area contributed by atoms with Gasteiger partial charge in [-0.25, -0.2) is 8.78 Å². The minimum absolute atomic E-state index is 0.162. The normalized spacial score (nSPS) is 10.9. The van der Waals surface area contributed by atoms with Crippen LogP contribution in [-0.2, 0) is 4.79 Å². The van der Waals surface area contributed by atoms with E-state index in [-0.39, 0.29) is 11.5 Å². The Morgan fingerprint density at radius 3 is 2.66 bits per heavy atom. The summed E-state index contributed by atoms with van der Waals surface area (Å²) >= 11 is 0. The first kappa shape index (κ1) is 18.3. The number of amides is 1. The second-order valence-corrected chi connectivity index (χ2v) is 6.12. The Morgan fingerprint density at radius 1 is 1.10 bits per heavy atom. The molecule has 10 heteroatoms. The molecule has 0 bridgehead atoms. The zero-order chi connectivity index (χ0) is 20.5. The molecular weight excluding hydrogens is 382 g/mol. The molecule has 0 aliphatic carbocycles. The number of halogens is 2. The first-order chi connectivity index (χ1) is 14.0. The lowest BCUT2D eigenvalue weighted by atomic mass is 10.1. The predicted octanol–water partition coefficient (Wildman–Crippen LogP) is 3.32. The van der Waals surface area contributed by atoms with Crippen LogP contribution in [0.4, 0.5) is 20.2 Å². The molecular formula is C19H14F2N6O2. The largest absolute Gasteiger partial charge is 0.454 e. The van der Waals surface area contributed by atoms with Gasteiger partial charge in [0.1, 0.15) is 11.6 Å². The van der Waals surface area contributed by atoms with Gasteiger partial charge in [0.25, 0.3) is 0 Å². The molecule has 0 aliphatic heterocycles. The van der Waals surface area contributed by atoms with Crippen molar-refractivity contribution < 1.29 is 18.3 Å². The summed E-state index contributed by atoms with van der Waals surface area (Å²) in [7, 11) is 0. The van der Waals surface area contributed by atoms with Gasteiger partial charge in [0, 0.05) is 17.3 Å². The SMILES string of the molecule is Cc1nnc2c(NC=O)cc(-c3cc(N)ccc3Oc3ccc(F)cc3F)nn12. The van der Waals surface area contributed by atoms with Gasteiger partial charge in [0.15, 0.2) is 17.4 Å². The minimum Gasteiger partial charge on any atom is -0.454 e. The smallest absolute Gasteiger partial charge is 0.211 e. The minimum atomic E-state index is -0.853. The highest BCUT2D eigenvalue weighted by Crippen LogP contribution is 2.36. The van der Waals surface area contributed by atoms with Crippen LogP contribution < -0.4 is 15.8 Å². The van der Waals surface area contributed by atoms with Gasteiger partial charge in [-0.3, -0.25) is 4.79 Å². The van der Waals surface area contributed by atoms with E-state index < -0.39 is 11.6 Å². The van der Waals surface area contributed by atoms with E-state index in [2.05, 4.69) is 20.6 Å². The summed E-state index contributed by atoms with van der Waals surface area (Å²) in [4.78, 5) is 11.0. The number of nitrogen functional groups attached to an aromatic ring is 1. The number of ether oxygens (including phenoxy) is 1. The maximum atomic E-state index is 14.1. The summed E-state index contributed by atoms with van der Waals surface area (Å²) < 4.78 is 34.4. The number of hydrogen-bond acceptors (Lipinski definition) is 6. The Labute approximate surface area is 162 Å². The maximum absolute atomic E-state index is 14.1. The van der Waals surface area contributed by atoms with E-state index in [1.807, 2.05) is 0 Å². The standard InChI is InChI=1S/C19H14F2N6O2/c1-10-24-25-19-16(23-9-28)8-15(26-27(10)19)13-7-12(22)3-5-17(13)29-18-4-2-11(20)6-14(18)21/h2-9H,22H2,1H3,(H,23,28). The van der Waals surface area contributed by atoms with Crippen LogP contribution in [0.2, 0.25) is 0 Å². The van der Waals surface area contributed by atoms with Crippen LogP contribution in [-0.4, -0.2) is 26.2 Å². The summed E-state index contributed by atoms with van der Waals surface area (Å²) in [5.41, 5.74) is 7.85. The molecule has 3 N–H and O–H groups in total. The summed E-state index contributed by atoms with van der Waals surface area (Å²) in [6.45, 7) is 1.70. The van der Waals surface area contributed by atoms with Crippen molar-refractivity contribution in [2.75, 3.05) is 11.1 Å². The molecule has 0 saturated carbocycles. The predicted molar refractivity (Wildman–Crippen MR) is 101 cm³/mol. The Bertz CT molecular complexity index is 1240. The Kier molecular flexibility index (Phi) is 4.51. The maximum Gasteiger partial charge on any atom is 0.211 e. The van der Waals surface area contributed by atoms with Crippen molar-refractivity contribution in [2.24, 2.45) is 0 Å². The van der Waals surface area contributed by atoms with Crippen LogP contribution in [0.15, 0.2) is 42.5 Å². The highest BCUT2D eigenvalue weighted by Gasteiger charge is 2.17. The highest BCUT2D eigenvalue weighted by atomic mass is 19.1. The van der Waals surface area contributed by atoms with Crippen molar-refractivity contribution in [1.29, 1.82) is 0 Å². The number of carbonyl (C=O) groups excluding carboxylic acids is 1. The van der Waals surface area contributed by atoms with Crippen molar-refractivity contribution in [3.05, 3.63) is 59.9 Å². The van der Waals surface area contributed by atoms with Crippen molar-refractivity contribution in [3.63, 3.8) is 0 Å². The number of aryl methyl sites for hydroxylation is 1. The van der Waals surface area contributed by atoms with Gasteiger partial charge in [-0.2, -0.15) is 9.61 Å². The van der Waals surface area contributed by atoms with E-state index >= 15 is 0 Å². The fourth-order valence-corrected chi connectivity index (χ4v) is 2.80. The van der Waals surface area contributed by atoms with Crippen molar-refractivity contribution in [3.8, 4) is 22.8 Å². The Hall–Kier alpha value is -4.08. The summed E-state index contributed by atoms with van der Waals surface area (Å²) in [5.74, 6) is -1.00. The van der Waals surface area contributed by atoms with E-state index in [0.717, 1.165) is 12.1 Å². The summed E-state index contributed by atoms with van der Waals surface area (Å²) in [6.07, 6.45) is 0.508. The summed E-state index contributed by atoms with van der Waals surface area (Å²) in [5, 5.41) is 15.0. The highest BCUT2D eigenvalue weighted by molar-refractivity contribution is 5.84. The average molecular weight is 396 g/mol. The van der Waals surface area contributed by atoms with Gasteiger partial charge in [-0.05, 0) is 43.3 Å². The third-order valence-corrected chi connectivity index (χ3v) is 4.13. The van der Waals surface area contributed by atoms with E-state index in [4.69, 9.17) is 10.5 Å². The third kappa shape index (κ3) is 3.43. The number of anilines is 2. The molecule has 0 spiro atoms. The summed E-state index contributed by atoms with van der Waals surface area (Å²) in [6, 6.07) is 9.29. The van der Waals surface area contributed by atoms with Gasteiger partial charge in [0.05, 0.1) is 11.4 Å². The van der Waals surface area contributed by atoms with Gasteiger partial charge in [-0.15, -0.1) is 10.2 Å². The molecule has 2 aromatic heterocycles. The zero-order valence-corrected chi connectivity index (χ0v) is 15.1. The number of nitrogens with one attached hydrogen (secondary N) is 1. The zero-order valence-electron chi connectivity index (χ0n) is 15.1. The lowest BCUT2D eigenvalue weighted by molar-refractivity contribution is -0.105. The van der Waals surface area contributed by atoms with Crippen LogP contribution >= 0.6 is 0 Å². The van der Waals surface area contributed by atoms with Crippen LogP contribution in [0.3, 0.4) is 0 Å². The van der Waals surface area contributed by atoms with E-state index in [0.29, 0.717) is 40.5 Å². The van der Waals surface area contributed by atoms with Crippen molar-refractivity contribution in [2.45, 2.75) is 6.92 Å². The quantitative estimate of drug-likeness (QED) is 0.396. The first-order valence-corrected chi connectivity index (χ1v) is 8.42. The molecule has 0 radical (unpaired) electrons. The fraction of sp³-hybridized carbons (Fsp3) is 0.0526. The molecule has 0 atom stereocenters. The van der Waals surface area contributed by atoms with Gasteiger partial charge >= 0.3 is 0 Å². The molecule has 146 valence electrons. The fourth-order valence-electron chi connectivity index (χ4n) is 2.80. The second kappa shape index (κ2) is 7.15. The monoisotopic (exact) mass is 396 g/mol. The van der Waals surface area contributed by atoms with Crippen LogP contribution in [0, 0.1) is 18.6 Å². The van der Waals surface area contributed by atoms with Gasteiger partial charge in [0.2, 0.25) is 12.1 Å². The molecule has 4 rings (SSSR count).